The molecule has 0 unspecified atom stereocenters. The van der Waals surface area contributed by atoms with E-state index in [0.717, 1.165) is 16.5 Å². The summed E-state index contributed by atoms with van der Waals surface area (Å²) >= 11 is 5.97. The summed E-state index contributed by atoms with van der Waals surface area (Å²) in [5.74, 6) is -0.197. The van der Waals surface area contributed by atoms with Gasteiger partial charge in [0.15, 0.2) is 0 Å². The van der Waals surface area contributed by atoms with Crippen LogP contribution in [-0.2, 0) is 0 Å². The van der Waals surface area contributed by atoms with Crippen LogP contribution in [-0.4, -0.2) is 10.9 Å². The molecule has 0 saturated heterocycles. The molecule has 0 atom stereocenters. The predicted octanol–water partition coefficient (Wildman–Crippen LogP) is 3.96. The van der Waals surface area contributed by atoms with Gasteiger partial charge in [-0.05, 0) is 42.8 Å². The van der Waals surface area contributed by atoms with Gasteiger partial charge in [0.05, 0.1) is 5.56 Å². The average Bonchev–Trinajstić information content (AvgIpc) is 2.85. The zero-order valence-corrected chi connectivity index (χ0v) is 12.2. The number of fused-ring (bicyclic) bond motifs is 1. The molecule has 1 amide bonds. The van der Waals surface area contributed by atoms with Gasteiger partial charge in [-0.25, -0.2) is 0 Å². The lowest BCUT2D eigenvalue weighted by Crippen LogP contribution is -2.12. The van der Waals surface area contributed by atoms with Crippen LogP contribution in [0.1, 0.15) is 15.9 Å². The maximum absolute atomic E-state index is 12.4. The molecule has 0 radical (unpaired) electrons. The summed E-state index contributed by atoms with van der Waals surface area (Å²) < 4.78 is 0. The second-order valence-electron chi connectivity index (χ2n) is 4.92. The molecular formula is C16H14ClN3O. The highest BCUT2D eigenvalue weighted by Gasteiger charge is 2.13. The number of hydrogen-bond acceptors (Lipinski definition) is 2. The molecule has 1 heterocycles. The number of H-pyrrole nitrogens is 1. The fraction of sp³-hybridized carbons (Fsp3) is 0.0625. The lowest BCUT2D eigenvalue weighted by molar-refractivity contribution is 0.102. The van der Waals surface area contributed by atoms with Gasteiger partial charge in [0.2, 0.25) is 0 Å². The number of aryl methyl sites for hydroxylation is 1. The van der Waals surface area contributed by atoms with Gasteiger partial charge in [-0.3, -0.25) is 4.79 Å². The molecule has 106 valence electrons. The largest absolute Gasteiger partial charge is 0.399 e. The van der Waals surface area contributed by atoms with Crippen molar-refractivity contribution in [3.8, 4) is 0 Å². The van der Waals surface area contributed by atoms with E-state index in [4.69, 9.17) is 17.3 Å². The van der Waals surface area contributed by atoms with Crippen LogP contribution >= 0.6 is 11.6 Å². The summed E-state index contributed by atoms with van der Waals surface area (Å²) in [6.07, 6.45) is 1.68. The summed E-state index contributed by atoms with van der Waals surface area (Å²) in [4.78, 5) is 15.5. The molecule has 4 nitrogen and oxygen atoms in total. The summed E-state index contributed by atoms with van der Waals surface area (Å²) in [6.45, 7) is 1.92. The number of aromatic nitrogens is 1. The molecule has 0 aliphatic heterocycles. The number of nitrogens with two attached hydrogens (primary N) is 1. The summed E-state index contributed by atoms with van der Waals surface area (Å²) in [6, 6.07) is 10.8. The highest BCUT2D eigenvalue weighted by Crippen LogP contribution is 2.24. The molecule has 21 heavy (non-hydrogen) atoms. The Balaban J connectivity index is 1.97. The third kappa shape index (κ3) is 2.58. The molecule has 1 aromatic heterocycles. The zero-order chi connectivity index (χ0) is 15.0. The van der Waals surface area contributed by atoms with E-state index < -0.39 is 0 Å². The number of nitrogens with one attached hydrogen (secondary N) is 2. The van der Waals surface area contributed by atoms with E-state index in [1.54, 1.807) is 30.5 Å². The number of carbonyl (C=O) groups excluding carboxylic acids is 1. The maximum Gasteiger partial charge on any atom is 0.257 e. The quantitative estimate of drug-likeness (QED) is 0.627. The molecule has 0 aliphatic carbocycles. The molecule has 0 aliphatic rings. The van der Waals surface area contributed by atoms with E-state index in [1.165, 1.54) is 0 Å². The Labute approximate surface area is 126 Å². The van der Waals surface area contributed by atoms with Crippen molar-refractivity contribution >= 4 is 39.8 Å². The molecule has 4 N–H and O–H groups in total. The highest BCUT2D eigenvalue weighted by molar-refractivity contribution is 6.31. The number of hydrogen-bond donors (Lipinski definition) is 3. The monoisotopic (exact) mass is 299 g/mol. The standard InChI is InChI=1S/C16H14ClN3O/c1-9-2-3-10(17)6-15(9)20-16(21)13-8-19-14-5-4-11(18)7-12(13)14/h2-8,19H,18H2,1H3,(H,20,21). The molecule has 0 bridgehead atoms. The van der Waals surface area contributed by atoms with Crippen LogP contribution in [0, 0.1) is 6.92 Å². The first-order valence-electron chi connectivity index (χ1n) is 6.49. The zero-order valence-electron chi connectivity index (χ0n) is 11.4. The Kier molecular flexibility index (Phi) is 3.31. The normalized spacial score (nSPS) is 10.8. The van der Waals surface area contributed by atoms with Crippen LogP contribution in [0.25, 0.3) is 10.9 Å². The number of amides is 1. The molecule has 0 fully saturated rings. The highest BCUT2D eigenvalue weighted by atomic mass is 35.5. The van der Waals surface area contributed by atoms with Crippen molar-refractivity contribution in [1.82, 2.24) is 4.98 Å². The summed E-state index contributed by atoms with van der Waals surface area (Å²) in [7, 11) is 0. The van der Waals surface area contributed by atoms with Gasteiger partial charge < -0.3 is 16.0 Å². The SMILES string of the molecule is Cc1ccc(Cl)cc1NC(=O)c1c[nH]c2ccc(N)cc12. The first-order chi connectivity index (χ1) is 10.0. The van der Waals surface area contributed by atoms with Crippen molar-refractivity contribution in [3.05, 3.63) is 58.7 Å². The van der Waals surface area contributed by atoms with Crippen LogP contribution in [0.5, 0.6) is 0 Å². The van der Waals surface area contributed by atoms with Gasteiger partial charge in [-0.15, -0.1) is 0 Å². The fourth-order valence-electron chi connectivity index (χ4n) is 2.24. The Hall–Kier alpha value is -2.46. The van der Waals surface area contributed by atoms with Gasteiger partial charge in [0.25, 0.3) is 5.91 Å². The van der Waals surface area contributed by atoms with Gasteiger partial charge >= 0.3 is 0 Å². The molecule has 2 aromatic carbocycles. The van der Waals surface area contributed by atoms with E-state index >= 15 is 0 Å². The van der Waals surface area contributed by atoms with Crippen LogP contribution in [0.3, 0.4) is 0 Å². The number of rotatable bonds is 2. The summed E-state index contributed by atoms with van der Waals surface area (Å²) in [5.41, 5.74) is 9.48. The second-order valence-corrected chi connectivity index (χ2v) is 5.36. The third-order valence-corrected chi connectivity index (χ3v) is 3.63. The molecule has 3 rings (SSSR count). The maximum atomic E-state index is 12.4. The van der Waals surface area contributed by atoms with Crippen molar-refractivity contribution in [3.63, 3.8) is 0 Å². The van der Waals surface area contributed by atoms with E-state index in [0.29, 0.717) is 22.0 Å². The van der Waals surface area contributed by atoms with Crippen LogP contribution in [0.2, 0.25) is 5.02 Å². The van der Waals surface area contributed by atoms with Crippen LogP contribution < -0.4 is 11.1 Å². The smallest absolute Gasteiger partial charge is 0.257 e. The van der Waals surface area contributed by atoms with Gasteiger partial charge in [-0.1, -0.05) is 17.7 Å². The molecule has 0 spiro atoms. The average molecular weight is 300 g/mol. The van der Waals surface area contributed by atoms with Crippen LogP contribution in [0.15, 0.2) is 42.6 Å². The first kappa shape index (κ1) is 13.5. The van der Waals surface area contributed by atoms with E-state index in [1.807, 2.05) is 19.1 Å². The van der Waals surface area contributed by atoms with Crippen LogP contribution in [0.4, 0.5) is 11.4 Å². The number of carbonyl (C=O) groups is 1. The Morgan fingerprint density at radius 2 is 2.05 bits per heavy atom. The predicted molar refractivity (Wildman–Crippen MR) is 86.9 cm³/mol. The van der Waals surface area contributed by atoms with Gasteiger partial charge in [-0.2, -0.15) is 0 Å². The third-order valence-electron chi connectivity index (χ3n) is 3.40. The second kappa shape index (κ2) is 5.14. The van der Waals surface area contributed by atoms with Crippen molar-refractivity contribution < 1.29 is 4.79 Å². The van der Waals surface area contributed by atoms with Crippen molar-refractivity contribution in [2.75, 3.05) is 11.1 Å². The molecule has 5 heteroatoms. The van der Waals surface area contributed by atoms with E-state index in [9.17, 15) is 4.79 Å². The number of nitrogen functional groups attached to an aromatic ring is 1. The number of benzene rings is 2. The number of halogens is 1. The van der Waals surface area contributed by atoms with Crippen molar-refractivity contribution in [2.45, 2.75) is 6.92 Å². The molecule has 3 aromatic rings. The molecular weight excluding hydrogens is 286 g/mol. The molecule has 0 saturated carbocycles. The number of aromatic amines is 1. The van der Waals surface area contributed by atoms with Crippen molar-refractivity contribution in [1.29, 1.82) is 0 Å². The minimum absolute atomic E-state index is 0.197. The van der Waals surface area contributed by atoms with E-state index in [2.05, 4.69) is 10.3 Å². The minimum atomic E-state index is -0.197. The lowest BCUT2D eigenvalue weighted by Gasteiger charge is -2.08. The van der Waals surface area contributed by atoms with Gasteiger partial charge in [0, 0.05) is 33.5 Å². The van der Waals surface area contributed by atoms with Crippen molar-refractivity contribution in [2.24, 2.45) is 0 Å². The Morgan fingerprint density at radius 1 is 1.24 bits per heavy atom. The summed E-state index contributed by atoms with van der Waals surface area (Å²) in [5, 5.41) is 4.26. The Bertz CT molecular complexity index is 839. The Morgan fingerprint density at radius 3 is 2.86 bits per heavy atom. The topological polar surface area (TPSA) is 70.9 Å². The first-order valence-corrected chi connectivity index (χ1v) is 6.86. The minimum Gasteiger partial charge on any atom is -0.399 e. The number of anilines is 2. The lowest BCUT2D eigenvalue weighted by atomic mass is 10.1. The van der Waals surface area contributed by atoms with E-state index in [-0.39, 0.29) is 5.91 Å². The van der Waals surface area contributed by atoms with Gasteiger partial charge in [0.1, 0.15) is 0 Å². The fourth-order valence-corrected chi connectivity index (χ4v) is 2.42.